The van der Waals surface area contributed by atoms with Gasteiger partial charge in [-0.2, -0.15) is 0 Å². The first-order valence-corrected chi connectivity index (χ1v) is 2.74. The maximum Gasteiger partial charge on any atom is 0.264 e. The van der Waals surface area contributed by atoms with E-state index in [-0.39, 0.29) is 5.91 Å². The van der Waals surface area contributed by atoms with Gasteiger partial charge in [0, 0.05) is 19.7 Å². The summed E-state index contributed by atoms with van der Waals surface area (Å²) >= 11 is 0. The van der Waals surface area contributed by atoms with E-state index in [2.05, 4.69) is 15.3 Å². The van der Waals surface area contributed by atoms with Crippen LogP contribution in [0.5, 0.6) is 0 Å². The summed E-state index contributed by atoms with van der Waals surface area (Å²) in [5.41, 5.74) is 0. The highest BCUT2D eigenvalue weighted by Gasteiger charge is 2.20. The van der Waals surface area contributed by atoms with E-state index in [4.69, 9.17) is 0 Å². The van der Waals surface area contributed by atoms with E-state index in [1.165, 1.54) is 0 Å². The van der Waals surface area contributed by atoms with Gasteiger partial charge in [0.25, 0.3) is 5.91 Å². The van der Waals surface area contributed by atoms with Crippen molar-refractivity contribution in [2.75, 3.05) is 7.05 Å². The third kappa shape index (κ3) is 1.19. The zero-order valence-corrected chi connectivity index (χ0v) is 5.13. The molecule has 1 unspecified atom stereocenters. The number of likely N-dealkylation sites (N-methyl/N-ethyl adjacent to an activating group) is 1. The molecule has 1 rings (SSSR count). The van der Waals surface area contributed by atoms with Gasteiger partial charge in [0.2, 0.25) is 6.10 Å². The molecule has 0 aromatic rings. The number of amides is 1. The third-order valence-corrected chi connectivity index (χ3v) is 1.12. The Balaban J connectivity index is 2.36. The molecule has 9 heavy (non-hydrogen) atoms. The fourth-order valence-corrected chi connectivity index (χ4v) is 0.614. The fourth-order valence-electron chi connectivity index (χ4n) is 0.614. The van der Waals surface area contributed by atoms with E-state index in [1.807, 2.05) is 0 Å². The molecule has 1 atom stereocenters. The summed E-state index contributed by atoms with van der Waals surface area (Å²) in [7, 11) is 1.57. The third-order valence-electron chi connectivity index (χ3n) is 1.12. The van der Waals surface area contributed by atoms with Crippen molar-refractivity contribution in [2.24, 2.45) is 5.16 Å². The quantitative estimate of drug-likeness (QED) is 0.518. The second-order valence-corrected chi connectivity index (χ2v) is 1.73. The average molecular weight is 128 g/mol. The van der Waals surface area contributed by atoms with Gasteiger partial charge in [0.05, 0.1) is 0 Å². The summed E-state index contributed by atoms with van der Waals surface area (Å²) in [4.78, 5) is 15.4. The maximum absolute atomic E-state index is 10.7. The van der Waals surface area contributed by atoms with Crippen molar-refractivity contribution in [3.05, 3.63) is 0 Å². The van der Waals surface area contributed by atoms with Gasteiger partial charge >= 0.3 is 0 Å². The molecule has 0 aromatic carbocycles. The van der Waals surface area contributed by atoms with Crippen LogP contribution in [0.4, 0.5) is 0 Å². The van der Waals surface area contributed by atoms with Gasteiger partial charge in [-0.25, -0.2) is 0 Å². The Kier molecular flexibility index (Phi) is 1.67. The predicted molar refractivity (Wildman–Crippen MR) is 32.0 cm³/mol. The fraction of sp³-hybridized carbons (Fsp3) is 0.600. The first-order chi connectivity index (χ1) is 4.34. The summed E-state index contributed by atoms with van der Waals surface area (Å²) in [6, 6.07) is 0. The summed E-state index contributed by atoms with van der Waals surface area (Å²) in [5, 5.41) is 5.91. The van der Waals surface area contributed by atoms with Crippen molar-refractivity contribution >= 4 is 12.1 Å². The van der Waals surface area contributed by atoms with Crippen LogP contribution in [0.15, 0.2) is 5.16 Å². The number of rotatable bonds is 1. The van der Waals surface area contributed by atoms with Crippen LogP contribution < -0.4 is 5.32 Å². The molecule has 1 aliphatic heterocycles. The summed E-state index contributed by atoms with van der Waals surface area (Å²) in [5.74, 6) is -0.118. The number of oxime groups is 1. The Morgan fingerprint density at radius 1 is 2.00 bits per heavy atom. The Labute approximate surface area is 52.9 Å². The number of hydrogen-bond donors (Lipinski definition) is 1. The minimum absolute atomic E-state index is 0.118. The summed E-state index contributed by atoms with van der Waals surface area (Å²) in [6.45, 7) is 0. The largest absolute Gasteiger partial charge is 0.382 e. The number of nitrogens with one attached hydrogen (secondary N) is 1. The van der Waals surface area contributed by atoms with Crippen molar-refractivity contribution in [3.63, 3.8) is 0 Å². The monoisotopic (exact) mass is 128 g/mol. The molecule has 4 heteroatoms. The first-order valence-electron chi connectivity index (χ1n) is 2.74. The van der Waals surface area contributed by atoms with Crippen molar-refractivity contribution in [2.45, 2.75) is 12.5 Å². The lowest BCUT2D eigenvalue weighted by molar-refractivity contribution is -0.130. The van der Waals surface area contributed by atoms with Gasteiger partial charge in [-0.15, -0.1) is 0 Å². The molecular weight excluding hydrogens is 120 g/mol. The standard InChI is InChI=1S/C5H8N2O2/c1-6-5(8)4-2-3-7-9-4/h3-4H,2H2,1H3,(H,6,8). The Hall–Kier alpha value is -1.06. The Morgan fingerprint density at radius 2 is 2.78 bits per heavy atom. The van der Waals surface area contributed by atoms with Crippen molar-refractivity contribution < 1.29 is 9.63 Å². The van der Waals surface area contributed by atoms with E-state index >= 15 is 0 Å². The lowest BCUT2D eigenvalue weighted by Crippen LogP contribution is -2.31. The minimum atomic E-state index is -0.394. The van der Waals surface area contributed by atoms with Crippen LogP contribution in [-0.4, -0.2) is 25.3 Å². The van der Waals surface area contributed by atoms with Gasteiger partial charge in [0.1, 0.15) is 0 Å². The zero-order valence-electron chi connectivity index (χ0n) is 5.13. The average Bonchev–Trinajstić information content (AvgIpc) is 2.37. The summed E-state index contributed by atoms with van der Waals surface area (Å²) in [6.07, 6.45) is 1.77. The van der Waals surface area contributed by atoms with E-state index in [0.29, 0.717) is 6.42 Å². The Bertz CT molecular complexity index is 136. The van der Waals surface area contributed by atoms with Gasteiger partial charge in [-0.3, -0.25) is 4.79 Å². The highest BCUT2D eigenvalue weighted by Crippen LogP contribution is 2.03. The molecule has 1 amide bonds. The van der Waals surface area contributed by atoms with E-state index in [9.17, 15) is 4.79 Å². The van der Waals surface area contributed by atoms with Crippen LogP contribution in [-0.2, 0) is 9.63 Å². The molecule has 0 bridgehead atoms. The highest BCUT2D eigenvalue weighted by atomic mass is 16.6. The van der Waals surface area contributed by atoms with Crippen LogP contribution in [0.25, 0.3) is 0 Å². The van der Waals surface area contributed by atoms with Crippen LogP contribution in [0.2, 0.25) is 0 Å². The number of carbonyl (C=O) groups excluding carboxylic acids is 1. The van der Waals surface area contributed by atoms with Crippen LogP contribution in [0.1, 0.15) is 6.42 Å². The molecule has 4 nitrogen and oxygen atoms in total. The minimum Gasteiger partial charge on any atom is -0.382 e. The van der Waals surface area contributed by atoms with Crippen LogP contribution in [0.3, 0.4) is 0 Å². The Morgan fingerprint density at radius 3 is 3.22 bits per heavy atom. The van der Waals surface area contributed by atoms with E-state index < -0.39 is 6.10 Å². The van der Waals surface area contributed by atoms with E-state index in [0.717, 1.165) is 0 Å². The molecule has 1 heterocycles. The normalized spacial score (nSPS) is 23.4. The van der Waals surface area contributed by atoms with Gasteiger partial charge in [-0.1, -0.05) is 5.16 Å². The predicted octanol–water partition coefficient (Wildman–Crippen LogP) is -0.493. The maximum atomic E-state index is 10.7. The highest BCUT2D eigenvalue weighted by molar-refractivity contribution is 5.84. The molecule has 0 spiro atoms. The molecule has 1 N–H and O–H groups in total. The van der Waals surface area contributed by atoms with Gasteiger partial charge < -0.3 is 10.2 Å². The molecule has 50 valence electrons. The summed E-state index contributed by atoms with van der Waals surface area (Å²) < 4.78 is 0. The topological polar surface area (TPSA) is 50.7 Å². The molecule has 0 aliphatic carbocycles. The van der Waals surface area contributed by atoms with Crippen molar-refractivity contribution in [3.8, 4) is 0 Å². The van der Waals surface area contributed by atoms with Gasteiger partial charge in [0.15, 0.2) is 0 Å². The lowest BCUT2D eigenvalue weighted by Gasteiger charge is -2.03. The molecule has 0 saturated carbocycles. The number of carbonyl (C=O) groups is 1. The zero-order chi connectivity index (χ0) is 6.69. The first kappa shape index (κ1) is 6.07. The van der Waals surface area contributed by atoms with Crippen LogP contribution >= 0.6 is 0 Å². The van der Waals surface area contributed by atoms with Gasteiger partial charge in [-0.05, 0) is 0 Å². The smallest absolute Gasteiger partial charge is 0.264 e. The molecular formula is C5H8N2O2. The molecule has 0 radical (unpaired) electrons. The van der Waals surface area contributed by atoms with Crippen molar-refractivity contribution in [1.82, 2.24) is 5.32 Å². The second-order valence-electron chi connectivity index (χ2n) is 1.73. The number of hydrogen-bond acceptors (Lipinski definition) is 3. The number of nitrogens with zero attached hydrogens (tertiary/aromatic N) is 1. The lowest BCUT2D eigenvalue weighted by atomic mass is 10.3. The second kappa shape index (κ2) is 2.48. The molecule has 0 fully saturated rings. The van der Waals surface area contributed by atoms with Crippen molar-refractivity contribution in [1.29, 1.82) is 0 Å². The molecule has 1 aliphatic rings. The molecule has 0 aromatic heterocycles. The SMILES string of the molecule is CNC(=O)C1CC=NO1. The van der Waals surface area contributed by atoms with E-state index in [1.54, 1.807) is 13.3 Å². The van der Waals surface area contributed by atoms with Crippen LogP contribution in [0, 0.1) is 0 Å². The molecule has 0 saturated heterocycles.